The summed E-state index contributed by atoms with van der Waals surface area (Å²) < 4.78 is 24.5. The maximum Gasteiger partial charge on any atom is 0.198 e. The fraction of sp³-hybridized carbons (Fsp3) is 0.786. The highest BCUT2D eigenvalue weighted by atomic mass is 16.7. The van der Waals surface area contributed by atoms with Gasteiger partial charge in [-0.2, -0.15) is 0 Å². The Morgan fingerprint density at radius 3 is 2.06 bits per heavy atom. The van der Waals surface area contributed by atoms with E-state index in [-0.39, 0.29) is 18.1 Å². The van der Waals surface area contributed by atoms with Crippen molar-refractivity contribution in [1.29, 1.82) is 0 Å². The highest BCUT2D eigenvalue weighted by molar-refractivity contribution is 5.22. The molecule has 0 spiro atoms. The van der Waals surface area contributed by atoms with Crippen LogP contribution in [0.25, 0.3) is 0 Å². The van der Waals surface area contributed by atoms with Gasteiger partial charge in [0.25, 0.3) is 0 Å². The number of hydrogen-bond acceptors (Lipinski definition) is 4. The number of epoxide rings is 1. The minimum Gasteiger partial charge on any atom is -0.379 e. The van der Waals surface area contributed by atoms with E-state index in [0.717, 1.165) is 44.6 Å². The molecule has 0 N–H and O–H groups in total. The Morgan fingerprint density at radius 2 is 1.47 bits per heavy atom. The first kappa shape index (κ1) is 27.3. The van der Waals surface area contributed by atoms with Crippen LogP contribution in [0.4, 0.5) is 0 Å². The molecule has 0 aromatic heterocycles. The van der Waals surface area contributed by atoms with Crippen molar-refractivity contribution in [2.45, 2.75) is 117 Å². The summed E-state index contributed by atoms with van der Waals surface area (Å²) in [5, 5.41) is 0. The maximum atomic E-state index is 6.71. The Balaban J connectivity index is 2.15. The molecular weight excluding hydrogens is 400 g/mol. The van der Waals surface area contributed by atoms with E-state index in [2.05, 4.69) is 65.0 Å². The van der Waals surface area contributed by atoms with Gasteiger partial charge in [-0.05, 0) is 47.0 Å². The van der Waals surface area contributed by atoms with Crippen LogP contribution in [0.5, 0.6) is 0 Å². The molecule has 0 radical (unpaired) electrons. The third-order valence-corrected chi connectivity index (χ3v) is 5.99. The van der Waals surface area contributed by atoms with Gasteiger partial charge >= 0.3 is 0 Å². The lowest BCUT2D eigenvalue weighted by Gasteiger charge is -2.43. The molecule has 4 heteroatoms. The zero-order valence-corrected chi connectivity index (χ0v) is 21.3. The highest BCUT2D eigenvalue weighted by Gasteiger charge is 2.43. The molecule has 4 nitrogen and oxygen atoms in total. The molecule has 0 aliphatic carbocycles. The molecule has 2 atom stereocenters. The predicted octanol–water partition coefficient (Wildman–Crippen LogP) is 7.25. The lowest BCUT2D eigenvalue weighted by Crippen LogP contribution is -2.44. The molecule has 0 amide bonds. The van der Waals surface area contributed by atoms with Crippen molar-refractivity contribution >= 4 is 0 Å². The zero-order valence-electron chi connectivity index (χ0n) is 21.3. The topological polar surface area (TPSA) is 40.2 Å². The number of ether oxygens (including phenoxy) is 4. The highest BCUT2D eigenvalue weighted by Crippen LogP contribution is 2.42. The molecule has 1 aliphatic heterocycles. The molecule has 184 valence electrons. The third kappa shape index (κ3) is 9.91. The van der Waals surface area contributed by atoms with E-state index in [1.165, 1.54) is 38.5 Å². The quantitative estimate of drug-likeness (QED) is 0.127. The fourth-order valence-corrected chi connectivity index (χ4v) is 4.47. The number of rotatable bonds is 19. The SMILES string of the molecule is CCCCCCCCC(CCCOCC1CO1)C(OC(C)C)(OC(C)C)c1ccccc1. The lowest BCUT2D eigenvalue weighted by molar-refractivity contribution is -0.309. The summed E-state index contributed by atoms with van der Waals surface area (Å²) in [6.07, 6.45) is 11.4. The van der Waals surface area contributed by atoms with Gasteiger partial charge in [-0.3, -0.25) is 0 Å². The van der Waals surface area contributed by atoms with Gasteiger partial charge in [0, 0.05) is 18.1 Å². The van der Waals surface area contributed by atoms with E-state index in [4.69, 9.17) is 18.9 Å². The molecule has 1 aromatic carbocycles. The van der Waals surface area contributed by atoms with E-state index < -0.39 is 5.79 Å². The van der Waals surface area contributed by atoms with Crippen LogP contribution in [0.3, 0.4) is 0 Å². The number of hydrogen-bond donors (Lipinski definition) is 0. The Kier molecular flexibility index (Phi) is 12.8. The Labute approximate surface area is 197 Å². The zero-order chi connectivity index (χ0) is 23.2. The molecule has 32 heavy (non-hydrogen) atoms. The Morgan fingerprint density at radius 1 is 0.875 bits per heavy atom. The molecule has 2 rings (SSSR count). The standard InChI is InChI=1S/C28H48O4/c1-6-7-8-9-10-12-16-26(19-15-20-29-21-27-22-30-27)28(31-23(2)3,32-24(4)5)25-17-13-11-14-18-25/h11,13-14,17-18,23-24,26-27H,6-10,12,15-16,19-22H2,1-5H3. The second-order valence-electron chi connectivity index (χ2n) is 9.79. The Bertz CT molecular complexity index is 572. The monoisotopic (exact) mass is 448 g/mol. The molecule has 1 fully saturated rings. The van der Waals surface area contributed by atoms with Gasteiger partial charge in [-0.1, -0.05) is 75.8 Å². The first-order chi connectivity index (χ1) is 15.5. The third-order valence-electron chi connectivity index (χ3n) is 5.99. The average Bonchev–Trinajstić information content (AvgIpc) is 3.58. The minimum atomic E-state index is -0.730. The van der Waals surface area contributed by atoms with Crippen LogP contribution in [0.1, 0.15) is 98.0 Å². The summed E-state index contributed by atoms with van der Waals surface area (Å²) in [7, 11) is 0. The maximum absolute atomic E-state index is 6.71. The molecule has 1 heterocycles. The molecule has 1 aromatic rings. The normalized spacial score (nSPS) is 17.3. The Hall–Kier alpha value is -0.940. The van der Waals surface area contributed by atoms with E-state index in [1.54, 1.807) is 0 Å². The summed E-state index contributed by atoms with van der Waals surface area (Å²) in [5.41, 5.74) is 1.13. The number of benzene rings is 1. The van der Waals surface area contributed by atoms with Crippen molar-refractivity contribution < 1.29 is 18.9 Å². The second-order valence-corrected chi connectivity index (χ2v) is 9.79. The largest absolute Gasteiger partial charge is 0.379 e. The summed E-state index contributed by atoms with van der Waals surface area (Å²) >= 11 is 0. The molecular formula is C28H48O4. The fourth-order valence-electron chi connectivity index (χ4n) is 4.47. The molecule has 0 bridgehead atoms. The molecule has 1 aliphatic rings. The van der Waals surface area contributed by atoms with Crippen molar-refractivity contribution in [3.05, 3.63) is 35.9 Å². The average molecular weight is 449 g/mol. The lowest BCUT2D eigenvalue weighted by atomic mass is 9.83. The van der Waals surface area contributed by atoms with Crippen LogP contribution in [-0.2, 0) is 24.7 Å². The summed E-state index contributed by atoms with van der Waals surface area (Å²) in [6, 6.07) is 10.6. The van der Waals surface area contributed by atoms with Gasteiger partial charge in [0.05, 0.1) is 25.4 Å². The first-order valence-corrected chi connectivity index (χ1v) is 13.1. The van der Waals surface area contributed by atoms with Crippen LogP contribution in [-0.4, -0.2) is 38.1 Å². The van der Waals surface area contributed by atoms with Crippen LogP contribution < -0.4 is 0 Å². The van der Waals surface area contributed by atoms with Crippen LogP contribution in [0.15, 0.2) is 30.3 Å². The summed E-state index contributed by atoms with van der Waals surface area (Å²) in [5.74, 6) is -0.450. The predicted molar refractivity (Wildman–Crippen MR) is 132 cm³/mol. The van der Waals surface area contributed by atoms with E-state index >= 15 is 0 Å². The van der Waals surface area contributed by atoms with Gasteiger partial charge in [-0.15, -0.1) is 0 Å². The van der Waals surface area contributed by atoms with Crippen molar-refractivity contribution in [3.8, 4) is 0 Å². The molecule has 1 saturated heterocycles. The van der Waals surface area contributed by atoms with Crippen molar-refractivity contribution in [2.75, 3.05) is 19.8 Å². The van der Waals surface area contributed by atoms with Crippen molar-refractivity contribution in [2.24, 2.45) is 5.92 Å². The first-order valence-electron chi connectivity index (χ1n) is 13.1. The molecule has 2 unspecified atom stereocenters. The van der Waals surface area contributed by atoms with Gasteiger partial charge in [-0.25, -0.2) is 0 Å². The van der Waals surface area contributed by atoms with Gasteiger partial charge in [0.2, 0.25) is 0 Å². The summed E-state index contributed by atoms with van der Waals surface area (Å²) in [6.45, 7) is 13.1. The van der Waals surface area contributed by atoms with Crippen LogP contribution in [0, 0.1) is 5.92 Å². The van der Waals surface area contributed by atoms with Crippen molar-refractivity contribution in [1.82, 2.24) is 0 Å². The number of unbranched alkanes of at least 4 members (excludes halogenated alkanes) is 5. The van der Waals surface area contributed by atoms with Crippen molar-refractivity contribution in [3.63, 3.8) is 0 Å². The minimum absolute atomic E-state index is 0.0734. The second kappa shape index (κ2) is 15.1. The van der Waals surface area contributed by atoms with Crippen LogP contribution in [0.2, 0.25) is 0 Å². The van der Waals surface area contributed by atoms with E-state index in [1.807, 2.05) is 0 Å². The van der Waals surface area contributed by atoms with Crippen LogP contribution >= 0.6 is 0 Å². The van der Waals surface area contributed by atoms with Gasteiger partial charge in [0.1, 0.15) is 6.10 Å². The van der Waals surface area contributed by atoms with Gasteiger partial charge in [0.15, 0.2) is 5.79 Å². The van der Waals surface area contributed by atoms with E-state index in [9.17, 15) is 0 Å². The smallest absolute Gasteiger partial charge is 0.198 e. The van der Waals surface area contributed by atoms with Gasteiger partial charge < -0.3 is 18.9 Å². The molecule has 0 saturated carbocycles. The van der Waals surface area contributed by atoms with E-state index in [0.29, 0.717) is 6.10 Å². The summed E-state index contributed by atoms with van der Waals surface area (Å²) in [4.78, 5) is 0.